The Morgan fingerprint density at radius 1 is 1.02 bits per heavy atom. The van der Waals surface area contributed by atoms with Gasteiger partial charge in [0.2, 0.25) is 17.6 Å². The number of rotatable bonds is 12. The molecule has 1 unspecified atom stereocenters. The average molecular weight is 624 g/mol. The number of esters is 1. The molecule has 5 N–H and O–H groups in total. The number of nitrogens with zero attached hydrogens (tertiary/aromatic N) is 1. The van der Waals surface area contributed by atoms with Crippen molar-refractivity contribution in [1.82, 2.24) is 20.9 Å². The van der Waals surface area contributed by atoms with Crippen LogP contribution in [-0.2, 0) is 35.3 Å². The lowest BCUT2D eigenvalue weighted by atomic mass is 9.85. The van der Waals surface area contributed by atoms with Crippen molar-refractivity contribution in [3.05, 3.63) is 35.9 Å². The van der Waals surface area contributed by atoms with Gasteiger partial charge in [-0.2, -0.15) is 0 Å². The number of ketones is 1. The molecule has 244 valence electrons. The van der Waals surface area contributed by atoms with Gasteiger partial charge in [-0.15, -0.1) is 0 Å². The number of likely N-dealkylation sites (tertiary alicyclic amines) is 1. The van der Waals surface area contributed by atoms with E-state index >= 15 is 0 Å². The normalized spacial score (nSPS) is 25.2. The van der Waals surface area contributed by atoms with Crippen molar-refractivity contribution in [2.75, 3.05) is 6.54 Å². The van der Waals surface area contributed by atoms with E-state index in [1.165, 1.54) is 4.90 Å². The Morgan fingerprint density at radius 3 is 2.22 bits per heavy atom. The zero-order valence-electron chi connectivity index (χ0n) is 26.7. The third-order valence-electron chi connectivity index (χ3n) is 10.00. The summed E-state index contributed by atoms with van der Waals surface area (Å²) in [4.78, 5) is 79.9. The second kappa shape index (κ2) is 11.8. The molecule has 12 heteroatoms. The highest BCUT2D eigenvalue weighted by molar-refractivity contribution is 6.37. The molecule has 4 fully saturated rings. The van der Waals surface area contributed by atoms with Crippen molar-refractivity contribution in [3.8, 4) is 0 Å². The number of fused-ring (bicyclic) bond motifs is 1. The molecule has 5 amide bonds. The van der Waals surface area contributed by atoms with Crippen LogP contribution in [0.1, 0.15) is 72.3 Å². The zero-order chi connectivity index (χ0) is 32.9. The lowest BCUT2D eigenvalue weighted by molar-refractivity contribution is -0.148. The number of carbonyl (C=O) groups excluding carboxylic acids is 6. The van der Waals surface area contributed by atoms with Crippen molar-refractivity contribution in [3.63, 3.8) is 0 Å². The van der Waals surface area contributed by atoms with E-state index in [9.17, 15) is 28.8 Å². The molecule has 3 saturated carbocycles. The SMILES string of the molecule is CC(C)(C)[C@H](NC(=O)NC1(C(=O)OCc2ccccc2)CC1)C(=O)N1C[C@H]2[C@@H]([C@H]1C(=O)NC(CC1CC1)C(=O)C(N)=O)C2(C)C. The number of urea groups is 1. The predicted molar refractivity (Wildman–Crippen MR) is 163 cm³/mol. The molecule has 45 heavy (non-hydrogen) atoms. The van der Waals surface area contributed by atoms with Crippen LogP contribution in [-0.4, -0.2) is 70.6 Å². The van der Waals surface area contributed by atoms with Gasteiger partial charge in [-0.1, -0.05) is 77.8 Å². The molecule has 0 radical (unpaired) electrons. The number of nitrogens with one attached hydrogen (secondary N) is 3. The molecule has 0 aromatic heterocycles. The molecular weight excluding hydrogens is 578 g/mol. The highest BCUT2D eigenvalue weighted by Gasteiger charge is 2.70. The topological polar surface area (TPSA) is 177 Å². The Bertz CT molecular complexity index is 1380. The van der Waals surface area contributed by atoms with Gasteiger partial charge in [0.25, 0.3) is 5.91 Å². The summed E-state index contributed by atoms with van der Waals surface area (Å²) in [5.74, 6) is -3.27. The Balaban J connectivity index is 1.27. The Kier molecular flexibility index (Phi) is 8.48. The van der Waals surface area contributed by atoms with Gasteiger partial charge in [-0.3, -0.25) is 19.2 Å². The van der Waals surface area contributed by atoms with Crippen molar-refractivity contribution in [2.45, 2.75) is 97.0 Å². The summed E-state index contributed by atoms with van der Waals surface area (Å²) in [5.41, 5.74) is 4.00. The van der Waals surface area contributed by atoms with Crippen LogP contribution in [0.3, 0.4) is 0 Å². The third-order valence-corrected chi connectivity index (χ3v) is 10.00. The Hall–Kier alpha value is -3.96. The van der Waals surface area contributed by atoms with Crippen LogP contribution in [0, 0.1) is 28.6 Å². The van der Waals surface area contributed by atoms with E-state index in [0.29, 0.717) is 25.8 Å². The molecule has 3 aliphatic carbocycles. The van der Waals surface area contributed by atoms with E-state index in [1.54, 1.807) is 0 Å². The number of Topliss-reactive ketones (excluding diaryl/α,β-unsaturated/α-hetero) is 1. The number of primary amides is 1. The van der Waals surface area contributed by atoms with Gasteiger partial charge in [0.15, 0.2) is 0 Å². The van der Waals surface area contributed by atoms with Crippen LogP contribution in [0.15, 0.2) is 30.3 Å². The van der Waals surface area contributed by atoms with E-state index < -0.39 is 64.6 Å². The first-order chi connectivity index (χ1) is 21.0. The molecule has 4 aliphatic rings. The number of amides is 5. The Morgan fingerprint density at radius 2 is 1.67 bits per heavy atom. The molecule has 12 nitrogen and oxygen atoms in total. The van der Waals surface area contributed by atoms with Crippen molar-refractivity contribution in [1.29, 1.82) is 0 Å². The highest BCUT2D eigenvalue weighted by atomic mass is 16.5. The first-order valence-electron chi connectivity index (χ1n) is 15.8. The molecule has 1 heterocycles. The maximum absolute atomic E-state index is 14.2. The second-order valence-electron chi connectivity index (χ2n) is 14.9. The van der Waals surface area contributed by atoms with Gasteiger partial charge in [0.1, 0.15) is 24.2 Å². The molecule has 1 aromatic rings. The lowest BCUT2D eigenvalue weighted by Gasteiger charge is -2.38. The summed E-state index contributed by atoms with van der Waals surface area (Å²) in [6.07, 6.45) is 2.99. The van der Waals surface area contributed by atoms with Crippen LogP contribution in [0.25, 0.3) is 0 Å². The minimum Gasteiger partial charge on any atom is -0.459 e. The van der Waals surface area contributed by atoms with Crippen LogP contribution < -0.4 is 21.7 Å². The lowest BCUT2D eigenvalue weighted by Crippen LogP contribution is -2.62. The molecule has 5 rings (SSSR count). The summed E-state index contributed by atoms with van der Waals surface area (Å²) in [7, 11) is 0. The van der Waals surface area contributed by atoms with E-state index in [4.69, 9.17) is 10.5 Å². The first kappa shape index (κ1) is 32.4. The van der Waals surface area contributed by atoms with Gasteiger partial charge in [0, 0.05) is 6.54 Å². The summed E-state index contributed by atoms with van der Waals surface area (Å²) in [6, 6.07) is 5.60. The number of hydrogen-bond donors (Lipinski definition) is 4. The molecule has 1 aliphatic heterocycles. The smallest absolute Gasteiger partial charge is 0.332 e. The summed E-state index contributed by atoms with van der Waals surface area (Å²) >= 11 is 0. The van der Waals surface area contributed by atoms with E-state index in [1.807, 2.05) is 65.0 Å². The molecule has 0 bridgehead atoms. The standard InChI is InChI=1S/C33H45N5O7/c1-31(2,3)25(36-30(44)37-33(13-14-33)29(43)45-17-19-9-7-6-8-10-19)28(42)38-16-20-22(32(20,4)5)23(38)27(41)35-21(15-18-11-12-18)24(39)26(34)40/h6-10,18,20-23,25H,11-17H2,1-5H3,(H2,34,40)(H,35,41)(H2,36,37,44)/t20-,21?,22-,23-,25+/m0/s1. The van der Waals surface area contributed by atoms with Crippen LogP contribution in [0.2, 0.25) is 0 Å². The maximum atomic E-state index is 14.2. The highest BCUT2D eigenvalue weighted by Crippen LogP contribution is 2.65. The monoisotopic (exact) mass is 623 g/mol. The number of carbonyl (C=O) groups is 6. The molecule has 5 atom stereocenters. The molecular formula is C33H45N5O7. The zero-order valence-corrected chi connectivity index (χ0v) is 26.7. The average Bonchev–Trinajstić information content (AvgIpc) is 3.93. The number of ether oxygens (including phenoxy) is 1. The number of piperidine rings is 1. The molecule has 0 spiro atoms. The van der Waals surface area contributed by atoms with Gasteiger partial charge in [0.05, 0.1) is 6.04 Å². The number of benzene rings is 1. The fraction of sp³-hybridized carbons (Fsp3) is 0.636. The number of nitrogens with two attached hydrogens (primary N) is 1. The second-order valence-corrected chi connectivity index (χ2v) is 14.9. The first-order valence-corrected chi connectivity index (χ1v) is 15.8. The maximum Gasteiger partial charge on any atom is 0.332 e. The number of hydrogen-bond acceptors (Lipinski definition) is 7. The fourth-order valence-electron chi connectivity index (χ4n) is 6.73. The quantitative estimate of drug-likeness (QED) is 0.203. The van der Waals surface area contributed by atoms with Crippen molar-refractivity contribution in [2.24, 2.45) is 34.3 Å². The fourth-order valence-corrected chi connectivity index (χ4v) is 6.73. The van der Waals surface area contributed by atoms with Gasteiger partial charge in [-0.05, 0) is 53.4 Å². The molecule has 1 aromatic carbocycles. The summed E-state index contributed by atoms with van der Waals surface area (Å²) in [6.45, 7) is 9.91. The Labute approximate surface area is 263 Å². The van der Waals surface area contributed by atoms with Crippen LogP contribution in [0.4, 0.5) is 4.79 Å². The van der Waals surface area contributed by atoms with E-state index in [0.717, 1.165) is 18.4 Å². The van der Waals surface area contributed by atoms with Gasteiger partial charge < -0.3 is 31.3 Å². The predicted octanol–water partition coefficient (Wildman–Crippen LogP) is 1.80. The minimum absolute atomic E-state index is 0.0643. The van der Waals surface area contributed by atoms with Crippen molar-refractivity contribution < 1.29 is 33.5 Å². The summed E-state index contributed by atoms with van der Waals surface area (Å²) < 4.78 is 5.47. The molecule has 1 saturated heterocycles. The van der Waals surface area contributed by atoms with Crippen LogP contribution in [0.5, 0.6) is 0 Å². The van der Waals surface area contributed by atoms with E-state index in [2.05, 4.69) is 16.0 Å². The van der Waals surface area contributed by atoms with Crippen molar-refractivity contribution >= 4 is 35.5 Å². The van der Waals surface area contributed by atoms with Crippen LogP contribution >= 0.6 is 0 Å². The summed E-state index contributed by atoms with van der Waals surface area (Å²) in [5, 5.41) is 8.26. The van der Waals surface area contributed by atoms with Gasteiger partial charge in [-0.25, -0.2) is 9.59 Å². The van der Waals surface area contributed by atoms with E-state index in [-0.39, 0.29) is 29.8 Å². The largest absolute Gasteiger partial charge is 0.459 e. The third kappa shape index (κ3) is 6.84. The minimum atomic E-state index is -1.16. The van der Waals surface area contributed by atoms with Gasteiger partial charge >= 0.3 is 12.0 Å².